The van der Waals surface area contributed by atoms with Gasteiger partial charge in [-0.1, -0.05) is 6.58 Å². The molecule has 0 aliphatic heterocycles. The first-order valence-corrected chi connectivity index (χ1v) is 7.65. The summed E-state index contributed by atoms with van der Waals surface area (Å²) in [5, 5.41) is 0.867. The van der Waals surface area contributed by atoms with Crippen molar-refractivity contribution in [2.45, 2.75) is 25.7 Å². The van der Waals surface area contributed by atoms with Gasteiger partial charge in [-0.2, -0.15) is 0 Å². The lowest BCUT2D eigenvalue weighted by Crippen LogP contribution is -2.02. The highest BCUT2D eigenvalue weighted by Crippen LogP contribution is 2.19. The van der Waals surface area contributed by atoms with E-state index >= 15 is 0 Å². The third-order valence-corrected chi connectivity index (χ3v) is 3.31. The number of unbranched alkanes of at least 4 members (excludes halogenated alkanes) is 3. The van der Waals surface area contributed by atoms with E-state index in [-0.39, 0.29) is 11.6 Å². The highest BCUT2D eigenvalue weighted by Gasteiger charge is 2.01. The van der Waals surface area contributed by atoms with Crippen LogP contribution in [0.4, 0.5) is 0 Å². The number of hydrogen-bond acceptors (Lipinski definition) is 5. The summed E-state index contributed by atoms with van der Waals surface area (Å²) in [4.78, 5) is 22.0. The Kier molecular flexibility index (Phi) is 6.41. The molecule has 0 bridgehead atoms. The van der Waals surface area contributed by atoms with Gasteiger partial charge in [-0.25, -0.2) is 9.59 Å². The highest BCUT2D eigenvalue weighted by atomic mass is 16.5. The molecule has 122 valence electrons. The van der Waals surface area contributed by atoms with Crippen LogP contribution >= 0.6 is 0 Å². The number of fused-ring (bicyclic) bond motifs is 1. The Balaban J connectivity index is 1.65. The number of benzene rings is 1. The third-order valence-electron chi connectivity index (χ3n) is 3.31. The summed E-state index contributed by atoms with van der Waals surface area (Å²) in [5.41, 5.74) is 0.158. The molecule has 5 heteroatoms. The zero-order valence-electron chi connectivity index (χ0n) is 13.0. The molecule has 0 N–H and O–H groups in total. The topological polar surface area (TPSA) is 65.7 Å². The zero-order chi connectivity index (χ0) is 16.5. The van der Waals surface area contributed by atoms with Crippen molar-refractivity contribution < 1.29 is 18.7 Å². The maximum Gasteiger partial charge on any atom is 0.336 e. The van der Waals surface area contributed by atoms with Crippen LogP contribution in [0, 0.1) is 0 Å². The summed E-state index contributed by atoms with van der Waals surface area (Å²) in [7, 11) is 0. The standard InChI is InChI=1S/C18H20O5/c1-2-17(19)22-12-6-4-3-5-11-21-15-9-7-14-8-10-18(20)23-16(14)13-15/h2,7-10,13H,1,3-6,11-12H2. The molecule has 0 spiro atoms. The van der Waals surface area contributed by atoms with Crippen LogP contribution in [0.2, 0.25) is 0 Å². The van der Waals surface area contributed by atoms with Gasteiger partial charge in [-0.3, -0.25) is 0 Å². The zero-order valence-corrected chi connectivity index (χ0v) is 13.0. The molecule has 23 heavy (non-hydrogen) atoms. The minimum absolute atomic E-state index is 0.369. The third kappa shape index (κ3) is 5.62. The molecule has 1 heterocycles. The fourth-order valence-corrected chi connectivity index (χ4v) is 2.11. The van der Waals surface area contributed by atoms with Gasteiger partial charge >= 0.3 is 11.6 Å². The average Bonchev–Trinajstić information content (AvgIpc) is 2.56. The quantitative estimate of drug-likeness (QED) is 0.307. The van der Waals surface area contributed by atoms with Crippen LogP contribution in [0.15, 0.2) is 52.2 Å². The number of ether oxygens (including phenoxy) is 2. The van der Waals surface area contributed by atoms with Crippen LogP contribution in [-0.4, -0.2) is 19.2 Å². The predicted molar refractivity (Wildman–Crippen MR) is 87.6 cm³/mol. The van der Waals surface area contributed by atoms with Crippen molar-refractivity contribution in [3.63, 3.8) is 0 Å². The monoisotopic (exact) mass is 316 g/mol. The second kappa shape index (κ2) is 8.78. The second-order valence-corrected chi connectivity index (χ2v) is 5.09. The lowest BCUT2D eigenvalue weighted by Gasteiger charge is -2.07. The van der Waals surface area contributed by atoms with Gasteiger partial charge in [0.15, 0.2) is 0 Å². The van der Waals surface area contributed by atoms with Crippen LogP contribution in [0.25, 0.3) is 11.0 Å². The molecule has 0 fully saturated rings. The Morgan fingerprint density at radius 1 is 1.09 bits per heavy atom. The molecule has 1 aromatic carbocycles. The van der Waals surface area contributed by atoms with Crippen molar-refractivity contribution in [2.24, 2.45) is 0 Å². The van der Waals surface area contributed by atoms with Crippen molar-refractivity contribution in [3.05, 3.63) is 53.4 Å². The lowest BCUT2D eigenvalue weighted by molar-refractivity contribution is -0.137. The van der Waals surface area contributed by atoms with Crippen LogP contribution in [-0.2, 0) is 9.53 Å². The molecular weight excluding hydrogens is 296 g/mol. The first kappa shape index (κ1) is 16.8. The van der Waals surface area contributed by atoms with Crippen molar-refractivity contribution in [1.29, 1.82) is 0 Å². The highest BCUT2D eigenvalue weighted by molar-refractivity contribution is 5.81. The molecule has 0 radical (unpaired) electrons. The van der Waals surface area contributed by atoms with E-state index < -0.39 is 0 Å². The molecule has 0 atom stereocenters. The number of carbonyl (C=O) groups is 1. The van der Waals surface area contributed by atoms with Crippen molar-refractivity contribution in [3.8, 4) is 5.75 Å². The lowest BCUT2D eigenvalue weighted by atomic mass is 10.2. The van der Waals surface area contributed by atoms with Crippen LogP contribution in [0.5, 0.6) is 5.75 Å². The SMILES string of the molecule is C=CC(=O)OCCCCCCOc1ccc2ccc(=O)oc2c1. The van der Waals surface area contributed by atoms with Gasteiger partial charge in [-0.15, -0.1) is 0 Å². The van der Waals surface area contributed by atoms with Crippen LogP contribution in [0.1, 0.15) is 25.7 Å². The van der Waals surface area contributed by atoms with Crippen molar-refractivity contribution >= 4 is 16.9 Å². The Hall–Kier alpha value is -2.56. The minimum Gasteiger partial charge on any atom is -0.493 e. The van der Waals surface area contributed by atoms with E-state index in [1.165, 1.54) is 12.1 Å². The Morgan fingerprint density at radius 2 is 1.83 bits per heavy atom. The molecular formula is C18H20O5. The number of hydrogen-bond donors (Lipinski definition) is 0. The second-order valence-electron chi connectivity index (χ2n) is 5.09. The number of rotatable bonds is 9. The number of carbonyl (C=O) groups excluding carboxylic acids is 1. The van der Waals surface area contributed by atoms with Gasteiger partial charge in [0.05, 0.1) is 13.2 Å². The van der Waals surface area contributed by atoms with E-state index in [0.717, 1.165) is 31.1 Å². The van der Waals surface area contributed by atoms with Crippen molar-refractivity contribution in [2.75, 3.05) is 13.2 Å². The molecule has 0 amide bonds. The van der Waals surface area contributed by atoms with Gasteiger partial charge < -0.3 is 13.9 Å². The minimum atomic E-state index is -0.378. The van der Waals surface area contributed by atoms with Gasteiger partial charge in [0.2, 0.25) is 0 Å². The van der Waals surface area contributed by atoms with Gasteiger partial charge in [0.25, 0.3) is 0 Å². The Morgan fingerprint density at radius 3 is 2.61 bits per heavy atom. The van der Waals surface area contributed by atoms with E-state index in [9.17, 15) is 9.59 Å². The summed E-state index contributed by atoms with van der Waals surface area (Å²) in [6.45, 7) is 4.36. The fourth-order valence-electron chi connectivity index (χ4n) is 2.11. The number of esters is 1. The first-order chi connectivity index (χ1) is 11.2. The molecule has 0 saturated carbocycles. The molecule has 2 rings (SSSR count). The summed E-state index contributed by atoms with van der Waals surface area (Å²) in [5.74, 6) is 0.308. The largest absolute Gasteiger partial charge is 0.493 e. The Labute approximate surface area is 134 Å². The molecule has 0 unspecified atom stereocenters. The summed E-state index contributed by atoms with van der Waals surface area (Å²) >= 11 is 0. The summed E-state index contributed by atoms with van der Waals surface area (Å²) < 4.78 is 15.7. The smallest absolute Gasteiger partial charge is 0.336 e. The average molecular weight is 316 g/mol. The maximum atomic E-state index is 11.2. The van der Waals surface area contributed by atoms with Gasteiger partial charge in [0, 0.05) is 23.6 Å². The fraction of sp³-hybridized carbons (Fsp3) is 0.333. The Bertz CT molecular complexity index is 717. The molecule has 0 saturated heterocycles. The molecule has 1 aromatic heterocycles. The first-order valence-electron chi connectivity index (χ1n) is 7.65. The maximum absolute atomic E-state index is 11.2. The van der Waals surface area contributed by atoms with Crippen LogP contribution in [0.3, 0.4) is 0 Å². The summed E-state index contributed by atoms with van der Waals surface area (Å²) in [6.07, 6.45) is 4.88. The molecule has 2 aromatic rings. The molecule has 0 aliphatic rings. The van der Waals surface area contributed by atoms with Gasteiger partial charge in [0.1, 0.15) is 11.3 Å². The molecule has 5 nitrogen and oxygen atoms in total. The van der Waals surface area contributed by atoms with E-state index in [0.29, 0.717) is 24.5 Å². The van der Waals surface area contributed by atoms with Gasteiger partial charge in [-0.05, 0) is 43.9 Å². The van der Waals surface area contributed by atoms with E-state index in [2.05, 4.69) is 6.58 Å². The predicted octanol–water partition coefficient (Wildman–Crippen LogP) is 3.46. The van der Waals surface area contributed by atoms with E-state index in [4.69, 9.17) is 13.9 Å². The van der Waals surface area contributed by atoms with Crippen LogP contribution < -0.4 is 10.4 Å². The van der Waals surface area contributed by atoms with Crippen molar-refractivity contribution in [1.82, 2.24) is 0 Å². The summed E-state index contributed by atoms with van der Waals surface area (Å²) in [6, 6.07) is 8.57. The normalized spacial score (nSPS) is 10.4. The van der Waals surface area contributed by atoms with E-state index in [1.54, 1.807) is 12.1 Å². The van der Waals surface area contributed by atoms with E-state index in [1.807, 2.05) is 12.1 Å². The molecule has 0 aliphatic carbocycles.